The quantitative estimate of drug-likeness (QED) is 0.787. The molecule has 4 nitrogen and oxygen atoms in total. The minimum Gasteiger partial charge on any atom is -0.493 e. The number of hydrogen-bond donors (Lipinski definition) is 1. The zero-order valence-electron chi connectivity index (χ0n) is 13.3. The van der Waals surface area contributed by atoms with Gasteiger partial charge in [0.15, 0.2) is 11.5 Å². The minimum absolute atomic E-state index is 0.421. The molecule has 0 aliphatic carbocycles. The van der Waals surface area contributed by atoms with Gasteiger partial charge in [-0.25, -0.2) is 4.79 Å². The van der Waals surface area contributed by atoms with Gasteiger partial charge in [0, 0.05) is 6.08 Å². The van der Waals surface area contributed by atoms with Crippen molar-refractivity contribution in [2.24, 2.45) is 0 Å². The highest BCUT2D eigenvalue weighted by atomic mass is 16.5. The van der Waals surface area contributed by atoms with Gasteiger partial charge in [-0.3, -0.25) is 0 Å². The van der Waals surface area contributed by atoms with Crippen LogP contribution in [-0.2, 0) is 17.8 Å². The summed E-state index contributed by atoms with van der Waals surface area (Å²) in [6.07, 6.45) is 3.48. The monoisotopic (exact) mass is 312 g/mol. The summed E-state index contributed by atoms with van der Waals surface area (Å²) in [5.41, 5.74) is 2.88. The zero-order valence-corrected chi connectivity index (χ0v) is 13.3. The van der Waals surface area contributed by atoms with Crippen molar-refractivity contribution >= 4 is 12.0 Å². The highest BCUT2D eigenvalue weighted by molar-refractivity contribution is 5.85. The molecule has 4 heteroatoms. The Kier molecular flexibility index (Phi) is 5.80. The van der Waals surface area contributed by atoms with E-state index in [1.807, 2.05) is 49.4 Å². The van der Waals surface area contributed by atoms with Gasteiger partial charge in [-0.1, -0.05) is 37.3 Å². The van der Waals surface area contributed by atoms with Gasteiger partial charge < -0.3 is 14.6 Å². The molecule has 0 heterocycles. The lowest BCUT2D eigenvalue weighted by Gasteiger charge is -2.14. The first kappa shape index (κ1) is 16.6. The number of carbonyl (C=O) groups is 1. The summed E-state index contributed by atoms with van der Waals surface area (Å²) >= 11 is 0. The van der Waals surface area contributed by atoms with Gasteiger partial charge in [0.25, 0.3) is 0 Å². The van der Waals surface area contributed by atoms with Crippen LogP contribution in [0.25, 0.3) is 6.08 Å². The molecule has 0 unspecified atom stereocenters. The van der Waals surface area contributed by atoms with E-state index in [0.29, 0.717) is 18.1 Å². The lowest BCUT2D eigenvalue weighted by Crippen LogP contribution is -2.00. The number of aryl methyl sites for hydroxylation is 1. The molecule has 2 rings (SSSR count). The Bertz CT molecular complexity index is 690. The Morgan fingerprint density at radius 1 is 1.17 bits per heavy atom. The third kappa shape index (κ3) is 4.61. The molecule has 120 valence electrons. The summed E-state index contributed by atoms with van der Waals surface area (Å²) in [7, 11) is 1.59. The van der Waals surface area contributed by atoms with E-state index in [1.54, 1.807) is 13.2 Å². The number of hydrogen-bond acceptors (Lipinski definition) is 3. The van der Waals surface area contributed by atoms with Crippen LogP contribution in [0.5, 0.6) is 11.5 Å². The van der Waals surface area contributed by atoms with Crippen molar-refractivity contribution in [3.05, 3.63) is 65.2 Å². The van der Waals surface area contributed by atoms with Crippen molar-refractivity contribution < 1.29 is 19.4 Å². The average Bonchev–Trinajstić information content (AvgIpc) is 2.58. The smallest absolute Gasteiger partial charge is 0.328 e. The molecule has 2 aromatic rings. The molecule has 0 amide bonds. The van der Waals surface area contributed by atoms with E-state index in [4.69, 9.17) is 14.6 Å². The van der Waals surface area contributed by atoms with Crippen LogP contribution in [0, 0.1) is 0 Å². The fourth-order valence-electron chi connectivity index (χ4n) is 2.25. The first-order valence-corrected chi connectivity index (χ1v) is 7.42. The third-order valence-corrected chi connectivity index (χ3v) is 3.45. The Labute approximate surface area is 136 Å². The summed E-state index contributed by atoms with van der Waals surface area (Å²) in [4.78, 5) is 10.7. The molecule has 0 saturated heterocycles. The molecule has 0 atom stereocenters. The molecule has 0 aromatic heterocycles. The van der Waals surface area contributed by atoms with Crippen molar-refractivity contribution in [2.75, 3.05) is 7.11 Å². The number of methoxy groups -OCH3 is 1. The van der Waals surface area contributed by atoms with E-state index in [2.05, 4.69) is 0 Å². The summed E-state index contributed by atoms with van der Waals surface area (Å²) in [6.45, 7) is 2.43. The molecule has 0 radical (unpaired) electrons. The molecule has 1 N–H and O–H groups in total. The highest BCUT2D eigenvalue weighted by Gasteiger charge is 2.10. The van der Waals surface area contributed by atoms with Crippen molar-refractivity contribution in [1.29, 1.82) is 0 Å². The standard InChI is InChI=1S/C19H20O4/c1-3-15-11-17(22-2)18(12-16(15)9-10-19(20)21)23-13-14-7-5-4-6-8-14/h4-12H,3,13H2,1-2H3,(H,20,21)/b10-9+. The van der Waals surface area contributed by atoms with Gasteiger partial charge in [0.2, 0.25) is 0 Å². The van der Waals surface area contributed by atoms with Gasteiger partial charge in [0.1, 0.15) is 6.61 Å². The van der Waals surface area contributed by atoms with E-state index in [9.17, 15) is 4.79 Å². The summed E-state index contributed by atoms with van der Waals surface area (Å²) in [6, 6.07) is 13.5. The first-order valence-electron chi connectivity index (χ1n) is 7.42. The Hall–Kier alpha value is -2.75. The van der Waals surface area contributed by atoms with Gasteiger partial charge >= 0.3 is 5.97 Å². The lowest BCUT2D eigenvalue weighted by atomic mass is 10.0. The lowest BCUT2D eigenvalue weighted by molar-refractivity contribution is -0.131. The first-order chi connectivity index (χ1) is 11.1. The molecule has 0 aliphatic rings. The van der Waals surface area contributed by atoms with E-state index in [1.165, 1.54) is 0 Å². The van der Waals surface area contributed by atoms with Crippen molar-refractivity contribution in [3.63, 3.8) is 0 Å². The van der Waals surface area contributed by atoms with Crippen LogP contribution in [0.4, 0.5) is 0 Å². The van der Waals surface area contributed by atoms with E-state index < -0.39 is 5.97 Å². The largest absolute Gasteiger partial charge is 0.493 e. The predicted molar refractivity (Wildman–Crippen MR) is 89.8 cm³/mol. The highest BCUT2D eigenvalue weighted by Crippen LogP contribution is 2.32. The number of ether oxygens (including phenoxy) is 2. The molecule has 0 saturated carbocycles. The molecule has 0 aliphatic heterocycles. The fourth-order valence-corrected chi connectivity index (χ4v) is 2.25. The van der Waals surface area contributed by atoms with Crippen LogP contribution in [-0.4, -0.2) is 18.2 Å². The topological polar surface area (TPSA) is 55.8 Å². The Balaban J connectivity index is 2.29. The summed E-state index contributed by atoms with van der Waals surface area (Å²) in [5, 5.41) is 8.82. The van der Waals surface area contributed by atoms with Crippen LogP contribution in [0.3, 0.4) is 0 Å². The second kappa shape index (κ2) is 8.03. The molecular weight excluding hydrogens is 292 g/mol. The molecule has 0 fully saturated rings. The Morgan fingerprint density at radius 3 is 2.52 bits per heavy atom. The van der Waals surface area contributed by atoms with Crippen LogP contribution in [0.2, 0.25) is 0 Å². The number of benzene rings is 2. The van der Waals surface area contributed by atoms with Crippen LogP contribution in [0.15, 0.2) is 48.5 Å². The number of carboxylic acids is 1. The van der Waals surface area contributed by atoms with Gasteiger partial charge in [0.05, 0.1) is 7.11 Å². The fraction of sp³-hybridized carbons (Fsp3) is 0.211. The average molecular weight is 312 g/mol. The van der Waals surface area contributed by atoms with Crippen LogP contribution < -0.4 is 9.47 Å². The van der Waals surface area contributed by atoms with Crippen molar-refractivity contribution in [1.82, 2.24) is 0 Å². The van der Waals surface area contributed by atoms with Gasteiger partial charge in [-0.15, -0.1) is 0 Å². The second-order valence-corrected chi connectivity index (χ2v) is 5.00. The van der Waals surface area contributed by atoms with Crippen LogP contribution >= 0.6 is 0 Å². The minimum atomic E-state index is -0.977. The Morgan fingerprint density at radius 2 is 1.91 bits per heavy atom. The maximum Gasteiger partial charge on any atom is 0.328 e. The SMILES string of the molecule is CCc1cc(OC)c(OCc2ccccc2)cc1/C=C/C(=O)O. The third-order valence-electron chi connectivity index (χ3n) is 3.45. The maximum absolute atomic E-state index is 10.7. The molecule has 0 spiro atoms. The zero-order chi connectivity index (χ0) is 16.7. The number of aliphatic carboxylic acids is 1. The predicted octanol–water partition coefficient (Wildman–Crippen LogP) is 3.93. The number of carboxylic acid groups (broad SMARTS) is 1. The van der Waals surface area contributed by atoms with E-state index in [0.717, 1.165) is 29.2 Å². The molecular formula is C19H20O4. The van der Waals surface area contributed by atoms with Crippen molar-refractivity contribution in [2.45, 2.75) is 20.0 Å². The van der Waals surface area contributed by atoms with Crippen LogP contribution in [0.1, 0.15) is 23.6 Å². The van der Waals surface area contributed by atoms with E-state index >= 15 is 0 Å². The van der Waals surface area contributed by atoms with Gasteiger partial charge in [-0.05, 0) is 41.3 Å². The summed E-state index contributed by atoms with van der Waals surface area (Å²) < 4.78 is 11.2. The van der Waals surface area contributed by atoms with E-state index in [-0.39, 0.29) is 0 Å². The molecule has 23 heavy (non-hydrogen) atoms. The second-order valence-electron chi connectivity index (χ2n) is 5.00. The number of rotatable bonds is 7. The van der Waals surface area contributed by atoms with Crippen molar-refractivity contribution in [3.8, 4) is 11.5 Å². The molecule has 2 aromatic carbocycles. The molecule has 0 bridgehead atoms. The van der Waals surface area contributed by atoms with Gasteiger partial charge in [-0.2, -0.15) is 0 Å². The summed E-state index contributed by atoms with van der Waals surface area (Å²) in [5.74, 6) is 0.262. The maximum atomic E-state index is 10.7. The normalized spacial score (nSPS) is 10.7.